The maximum Gasteiger partial charge on any atom is 0.0465 e. The van der Waals surface area contributed by atoms with E-state index in [0.717, 1.165) is 19.3 Å². The molecule has 0 aromatic heterocycles. The number of fused-ring (bicyclic) bond motifs is 3. The molecular formula is C60H74N2. The predicted octanol–water partition coefficient (Wildman–Crippen LogP) is 18.5. The molecule has 1 aliphatic rings. The van der Waals surface area contributed by atoms with Gasteiger partial charge in [0.25, 0.3) is 0 Å². The molecule has 0 spiro atoms. The number of benzene rings is 6. The van der Waals surface area contributed by atoms with Crippen LogP contribution in [0.25, 0.3) is 11.1 Å². The van der Waals surface area contributed by atoms with E-state index in [1.807, 2.05) is 0 Å². The van der Waals surface area contributed by atoms with Gasteiger partial charge in [0.15, 0.2) is 0 Å². The highest BCUT2D eigenvalue weighted by atomic mass is 15.1. The van der Waals surface area contributed by atoms with Crippen LogP contribution in [-0.4, -0.2) is 0 Å². The molecule has 0 bridgehead atoms. The summed E-state index contributed by atoms with van der Waals surface area (Å²) in [7, 11) is 0. The summed E-state index contributed by atoms with van der Waals surface area (Å²) in [5.74, 6) is 0. The molecule has 0 saturated carbocycles. The molecule has 0 fully saturated rings. The molecule has 62 heavy (non-hydrogen) atoms. The number of aryl methyl sites for hydroxylation is 4. The van der Waals surface area contributed by atoms with Crippen molar-refractivity contribution in [3.05, 3.63) is 167 Å². The van der Waals surface area contributed by atoms with Crippen LogP contribution < -0.4 is 9.80 Å². The Morgan fingerprint density at radius 3 is 1.23 bits per heavy atom. The van der Waals surface area contributed by atoms with Gasteiger partial charge in [-0.15, -0.1) is 0 Å². The van der Waals surface area contributed by atoms with E-state index in [9.17, 15) is 0 Å². The van der Waals surface area contributed by atoms with Crippen LogP contribution in [-0.2, 0) is 18.3 Å². The van der Waals surface area contributed by atoms with Crippen LogP contribution in [0.5, 0.6) is 0 Å². The van der Waals surface area contributed by atoms with Crippen molar-refractivity contribution in [2.45, 2.75) is 156 Å². The average molecular weight is 823 g/mol. The predicted molar refractivity (Wildman–Crippen MR) is 271 cm³/mol. The molecule has 0 heterocycles. The van der Waals surface area contributed by atoms with Gasteiger partial charge in [-0.05, 0) is 157 Å². The van der Waals surface area contributed by atoms with E-state index in [4.69, 9.17) is 0 Å². The molecule has 6 aromatic rings. The Bertz CT molecular complexity index is 2330. The molecule has 0 saturated heterocycles. The lowest BCUT2D eigenvalue weighted by molar-refractivity contribution is 0.398. The summed E-state index contributed by atoms with van der Waals surface area (Å²) in [6, 6.07) is 51.6. The smallest absolute Gasteiger partial charge is 0.0465 e. The fourth-order valence-corrected chi connectivity index (χ4v) is 10.3. The molecule has 2 heteroatoms. The summed E-state index contributed by atoms with van der Waals surface area (Å²) in [6.45, 7) is 13.6. The van der Waals surface area contributed by atoms with Crippen LogP contribution in [0.4, 0.5) is 34.1 Å². The third-order valence-electron chi connectivity index (χ3n) is 13.6. The van der Waals surface area contributed by atoms with E-state index in [1.165, 1.54) is 169 Å². The van der Waals surface area contributed by atoms with E-state index in [1.54, 1.807) is 0 Å². The van der Waals surface area contributed by atoms with Gasteiger partial charge in [0, 0.05) is 39.5 Å². The summed E-state index contributed by atoms with van der Waals surface area (Å²) in [6.07, 6.45) is 21.2. The van der Waals surface area contributed by atoms with Gasteiger partial charge in [0.05, 0.1) is 0 Å². The monoisotopic (exact) mass is 823 g/mol. The molecule has 0 aliphatic heterocycles. The lowest BCUT2D eigenvalue weighted by Gasteiger charge is -2.35. The number of hydrogen-bond donors (Lipinski definition) is 0. The second kappa shape index (κ2) is 21.8. The highest BCUT2D eigenvalue weighted by Gasteiger charge is 2.43. The molecule has 0 N–H and O–H groups in total. The van der Waals surface area contributed by atoms with Gasteiger partial charge in [0.2, 0.25) is 0 Å². The first-order valence-electron chi connectivity index (χ1n) is 24.6. The molecule has 0 unspecified atom stereocenters. The molecule has 324 valence electrons. The zero-order valence-electron chi connectivity index (χ0n) is 39.1. The Kier molecular flexibility index (Phi) is 15.8. The minimum Gasteiger partial charge on any atom is -0.310 e. The van der Waals surface area contributed by atoms with Crippen LogP contribution in [0.3, 0.4) is 0 Å². The summed E-state index contributed by atoms with van der Waals surface area (Å²) in [4.78, 5) is 5.05. The van der Waals surface area contributed by atoms with Crippen LogP contribution in [0.15, 0.2) is 133 Å². The van der Waals surface area contributed by atoms with Crippen molar-refractivity contribution in [3.63, 3.8) is 0 Å². The normalized spacial score (nSPS) is 12.6. The summed E-state index contributed by atoms with van der Waals surface area (Å²) < 4.78 is 0. The zero-order valence-corrected chi connectivity index (χ0v) is 39.1. The molecule has 6 aromatic carbocycles. The Labute approximate surface area is 376 Å². The van der Waals surface area contributed by atoms with Crippen molar-refractivity contribution in [2.24, 2.45) is 0 Å². The van der Waals surface area contributed by atoms with Gasteiger partial charge in [-0.3, -0.25) is 0 Å². The summed E-state index contributed by atoms with van der Waals surface area (Å²) in [5.41, 5.74) is 18.5. The highest BCUT2D eigenvalue weighted by Crippen LogP contribution is 2.57. The molecular weight excluding hydrogens is 749 g/mol. The fraction of sp³-hybridized carbons (Fsp3) is 0.400. The van der Waals surface area contributed by atoms with E-state index in [-0.39, 0.29) is 5.41 Å². The molecule has 1 aliphatic carbocycles. The minimum atomic E-state index is -0.0852. The third-order valence-corrected chi connectivity index (χ3v) is 13.6. The van der Waals surface area contributed by atoms with Crippen molar-refractivity contribution >= 4 is 34.1 Å². The van der Waals surface area contributed by atoms with Gasteiger partial charge in [0.1, 0.15) is 0 Å². The van der Waals surface area contributed by atoms with Gasteiger partial charge in [-0.25, -0.2) is 0 Å². The first-order valence-corrected chi connectivity index (χ1v) is 24.6. The van der Waals surface area contributed by atoms with E-state index in [0.29, 0.717) is 0 Å². The van der Waals surface area contributed by atoms with Gasteiger partial charge in [-0.2, -0.15) is 0 Å². The first-order chi connectivity index (χ1) is 30.4. The second-order valence-electron chi connectivity index (χ2n) is 18.4. The third kappa shape index (κ3) is 10.4. The van der Waals surface area contributed by atoms with Gasteiger partial charge < -0.3 is 9.80 Å². The van der Waals surface area contributed by atoms with Crippen LogP contribution in [0, 0.1) is 13.8 Å². The average Bonchev–Trinajstić information content (AvgIpc) is 3.54. The topological polar surface area (TPSA) is 6.48 Å². The Morgan fingerprint density at radius 2 is 0.774 bits per heavy atom. The Balaban J connectivity index is 1.41. The zero-order chi connectivity index (χ0) is 43.3. The SMILES string of the molecule is CCCCCCCCC1(CCCCCCCC)c2cc(N(c3cccc(C)c3)c3cccc(CC)c3)ccc2-c2ccc(N(c3cccc(C)c3)c3cccc(CCC)c3)cc21. The van der Waals surface area contributed by atoms with Crippen molar-refractivity contribution in [3.8, 4) is 11.1 Å². The van der Waals surface area contributed by atoms with Crippen molar-refractivity contribution in [1.29, 1.82) is 0 Å². The van der Waals surface area contributed by atoms with Crippen molar-refractivity contribution in [1.82, 2.24) is 0 Å². The van der Waals surface area contributed by atoms with Gasteiger partial charge in [-0.1, -0.05) is 172 Å². The van der Waals surface area contributed by atoms with Crippen LogP contribution >= 0.6 is 0 Å². The fourth-order valence-electron chi connectivity index (χ4n) is 10.3. The molecule has 2 nitrogen and oxygen atoms in total. The number of rotatable bonds is 23. The molecule has 7 rings (SSSR count). The van der Waals surface area contributed by atoms with Crippen molar-refractivity contribution in [2.75, 3.05) is 9.80 Å². The minimum absolute atomic E-state index is 0.0852. The number of nitrogens with zero attached hydrogens (tertiary/aromatic N) is 2. The van der Waals surface area contributed by atoms with E-state index in [2.05, 4.69) is 185 Å². The largest absolute Gasteiger partial charge is 0.310 e. The van der Waals surface area contributed by atoms with E-state index >= 15 is 0 Å². The molecule has 0 radical (unpaired) electrons. The van der Waals surface area contributed by atoms with E-state index < -0.39 is 0 Å². The first kappa shape index (κ1) is 45.0. The van der Waals surface area contributed by atoms with Crippen molar-refractivity contribution < 1.29 is 0 Å². The summed E-state index contributed by atoms with van der Waals surface area (Å²) in [5, 5.41) is 0. The Morgan fingerprint density at radius 1 is 0.371 bits per heavy atom. The summed E-state index contributed by atoms with van der Waals surface area (Å²) >= 11 is 0. The number of hydrogen-bond acceptors (Lipinski definition) is 2. The quantitative estimate of drug-likeness (QED) is 0.0594. The number of anilines is 6. The lowest BCUT2D eigenvalue weighted by atomic mass is 9.70. The highest BCUT2D eigenvalue weighted by molar-refractivity contribution is 5.88. The molecule has 0 amide bonds. The number of unbranched alkanes of at least 4 members (excludes halogenated alkanes) is 10. The van der Waals surface area contributed by atoms with Gasteiger partial charge >= 0.3 is 0 Å². The lowest BCUT2D eigenvalue weighted by Crippen LogP contribution is -2.26. The maximum absolute atomic E-state index is 2.63. The Hall–Kier alpha value is -5.08. The maximum atomic E-state index is 2.63. The molecule has 0 atom stereocenters. The van der Waals surface area contributed by atoms with Crippen LogP contribution in [0.2, 0.25) is 0 Å². The second-order valence-corrected chi connectivity index (χ2v) is 18.4. The van der Waals surface area contributed by atoms with Crippen LogP contribution in [0.1, 0.15) is 157 Å². The standard InChI is InChI=1S/C60H74N2/c1-7-11-13-15-17-19-38-60(39-20-18-16-14-12-8-2)58-44-54(61(50-30-21-26-46(5)40-50)52-32-23-28-48(10-4)42-52)34-36-56(58)57-37-35-55(45-59(57)60)62(51-31-22-27-47(6)41-51)53-33-24-29-49(43-53)25-9-3/h21-24,26-37,40-45H,7-20,25,38-39H2,1-6H3.